The van der Waals surface area contributed by atoms with Crippen LogP contribution >= 0.6 is 0 Å². The molecule has 0 aliphatic carbocycles. The van der Waals surface area contributed by atoms with Crippen LogP contribution in [0.3, 0.4) is 0 Å². The summed E-state index contributed by atoms with van der Waals surface area (Å²) in [6.07, 6.45) is 1.45. The Morgan fingerprint density at radius 3 is 2.33 bits per heavy atom. The van der Waals surface area contributed by atoms with Crippen LogP contribution in [0.4, 0.5) is 5.69 Å². The zero-order chi connectivity index (χ0) is 13.8. The highest BCUT2D eigenvalue weighted by Crippen LogP contribution is 2.21. The number of sulfonamides is 1. The highest BCUT2D eigenvalue weighted by atomic mass is 32.2. The number of hydrogen-bond donors (Lipinski definition) is 2. The number of carbonyl (C=O) groups is 2. The molecule has 7 heteroatoms. The van der Waals surface area contributed by atoms with E-state index in [1.54, 1.807) is 0 Å². The molecule has 2 N–H and O–H groups in total. The number of hydrogen-bond acceptors (Lipinski definition) is 4. The molecule has 1 aromatic carbocycles. The van der Waals surface area contributed by atoms with Crippen molar-refractivity contribution in [1.29, 1.82) is 0 Å². The molecule has 0 bridgehead atoms. The lowest BCUT2D eigenvalue weighted by atomic mass is 9.96. The number of nitrogens with one attached hydrogen (secondary N) is 1. The summed E-state index contributed by atoms with van der Waals surface area (Å²) >= 11 is 0. The van der Waals surface area contributed by atoms with E-state index in [4.69, 9.17) is 5.11 Å². The van der Waals surface area contributed by atoms with Gasteiger partial charge in [0.15, 0.2) is 0 Å². The number of rotatable bonds is 6. The van der Waals surface area contributed by atoms with Crippen LogP contribution in [-0.4, -0.2) is 32.0 Å². The number of anilines is 1. The number of aliphatic carboxylic acids is 1. The minimum atomic E-state index is -3.36. The van der Waals surface area contributed by atoms with Crippen LogP contribution in [0.15, 0.2) is 24.3 Å². The lowest BCUT2D eigenvalue weighted by Gasteiger charge is -2.10. The van der Waals surface area contributed by atoms with E-state index in [9.17, 15) is 18.0 Å². The van der Waals surface area contributed by atoms with Crippen molar-refractivity contribution in [3.05, 3.63) is 29.8 Å². The zero-order valence-electron chi connectivity index (χ0n) is 9.66. The van der Waals surface area contributed by atoms with Crippen molar-refractivity contribution in [2.24, 2.45) is 0 Å². The lowest BCUT2D eigenvalue weighted by Crippen LogP contribution is -2.13. The van der Waals surface area contributed by atoms with Crippen molar-refractivity contribution in [2.45, 2.75) is 12.3 Å². The van der Waals surface area contributed by atoms with Crippen molar-refractivity contribution in [1.82, 2.24) is 0 Å². The van der Waals surface area contributed by atoms with Gasteiger partial charge in [0, 0.05) is 12.1 Å². The Morgan fingerprint density at radius 2 is 1.94 bits per heavy atom. The molecule has 0 radical (unpaired) electrons. The lowest BCUT2D eigenvalue weighted by molar-refractivity contribution is -0.139. The topological polar surface area (TPSA) is 101 Å². The Labute approximate surface area is 105 Å². The van der Waals surface area contributed by atoms with Gasteiger partial charge in [-0.15, -0.1) is 0 Å². The van der Waals surface area contributed by atoms with Crippen molar-refractivity contribution in [3.8, 4) is 0 Å². The summed E-state index contributed by atoms with van der Waals surface area (Å²) in [4.78, 5) is 21.3. The molecular formula is C11H13NO5S. The Hall–Kier alpha value is -1.89. The number of carboxylic acids is 1. The summed E-state index contributed by atoms with van der Waals surface area (Å²) in [7, 11) is -3.36. The molecule has 1 unspecified atom stereocenters. The van der Waals surface area contributed by atoms with Crippen LogP contribution in [-0.2, 0) is 19.6 Å². The summed E-state index contributed by atoms with van der Waals surface area (Å²) in [5, 5.41) is 8.94. The van der Waals surface area contributed by atoms with Gasteiger partial charge in [0.25, 0.3) is 0 Å². The van der Waals surface area contributed by atoms with Crippen LogP contribution in [0, 0.1) is 0 Å². The van der Waals surface area contributed by atoms with Crippen molar-refractivity contribution >= 4 is 28.0 Å². The van der Waals surface area contributed by atoms with Crippen LogP contribution in [0.5, 0.6) is 0 Å². The summed E-state index contributed by atoms with van der Waals surface area (Å²) < 4.78 is 24.2. The molecule has 6 nitrogen and oxygen atoms in total. The second-order valence-corrected chi connectivity index (χ2v) is 5.54. The third-order valence-electron chi connectivity index (χ3n) is 2.25. The van der Waals surface area contributed by atoms with Gasteiger partial charge < -0.3 is 9.90 Å². The summed E-state index contributed by atoms with van der Waals surface area (Å²) in [6, 6.07) is 5.87. The van der Waals surface area contributed by atoms with Crippen molar-refractivity contribution in [3.63, 3.8) is 0 Å². The van der Waals surface area contributed by atoms with E-state index >= 15 is 0 Å². The van der Waals surface area contributed by atoms with Gasteiger partial charge >= 0.3 is 5.97 Å². The Kier molecular flexibility index (Phi) is 4.43. The fourth-order valence-electron chi connectivity index (χ4n) is 1.47. The summed E-state index contributed by atoms with van der Waals surface area (Å²) in [5.74, 6) is -2.00. The quantitative estimate of drug-likeness (QED) is 0.746. The maximum Gasteiger partial charge on any atom is 0.311 e. The third kappa shape index (κ3) is 4.17. The highest BCUT2D eigenvalue weighted by molar-refractivity contribution is 7.92. The van der Waals surface area contributed by atoms with Gasteiger partial charge in [-0.1, -0.05) is 12.1 Å². The van der Waals surface area contributed by atoms with E-state index in [-0.39, 0.29) is 6.42 Å². The number of aldehydes is 1. The van der Waals surface area contributed by atoms with Crippen molar-refractivity contribution in [2.75, 3.05) is 11.0 Å². The second kappa shape index (κ2) is 5.63. The fraction of sp³-hybridized carbons (Fsp3) is 0.273. The van der Waals surface area contributed by atoms with E-state index in [0.29, 0.717) is 17.5 Å². The first-order valence-electron chi connectivity index (χ1n) is 5.07. The van der Waals surface area contributed by atoms with Gasteiger partial charge in [-0.3, -0.25) is 9.52 Å². The minimum absolute atomic E-state index is 0.117. The van der Waals surface area contributed by atoms with Gasteiger partial charge in [-0.05, 0) is 17.7 Å². The highest BCUT2D eigenvalue weighted by Gasteiger charge is 2.19. The Bertz CT molecular complexity index is 535. The van der Waals surface area contributed by atoms with Gasteiger partial charge in [-0.2, -0.15) is 0 Å². The standard InChI is InChI=1S/C11H13NO5S/c1-18(16,17)12-9-4-2-8(3-5-9)10(6-7-13)11(14)15/h2-5,7,10,12H,6H2,1H3,(H,14,15). The maximum absolute atomic E-state index is 11.0. The molecule has 18 heavy (non-hydrogen) atoms. The van der Waals surface area contributed by atoms with E-state index in [0.717, 1.165) is 6.26 Å². The molecule has 0 amide bonds. The summed E-state index contributed by atoms with van der Waals surface area (Å²) in [5.41, 5.74) is 0.796. The molecule has 1 rings (SSSR count). The van der Waals surface area contributed by atoms with E-state index in [1.807, 2.05) is 0 Å². The van der Waals surface area contributed by atoms with Crippen molar-refractivity contribution < 1.29 is 23.1 Å². The van der Waals surface area contributed by atoms with Gasteiger partial charge in [0.05, 0.1) is 12.2 Å². The van der Waals surface area contributed by atoms with Gasteiger partial charge in [0.2, 0.25) is 10.0 Å². The molecular weight excluding hydrogens is 258 g/mol. The van der Waals surface area contributed by atoms with Crippen LogP contribution in [0.1, 0.15) is 17.9 Å². The summed E-state index contributed by atoms with van der Waals surface area (Å²) in [6.45, 7) is 0. The van der Waals surface area contributed by atoms with Crippen LogP contribution in [0.25, 0.3) is 0 Å². The Morgan fingerprint density at radius 1 is 1.39 bits per heavy atom. The molecule has 0 aliphatic rings. The maximum atomic E-state index is 11.0. The van der Waals surface area contributed by atoms with Gasteiger partial charge in [-0.25, -0.2) is 8.42 Å². The predicted octanol–water partition coefficient (Wildman–Crippen LogP) is 0.815. The second-order valence-electron chi connectivity index (χ2n) is 3.79. The number of carboxylic acid groups (broad SMARTS) is 1. The molecule has 0 aromatic heterocycles. The molecule has 1 aromatic rings. The number of benzene rings is 1. The first-order valence-corrected chi connectivity index (χ1v) is 6.97. The molecule has 0 spiro atoms. The molecule has 0 saturated heterocycles. The first kappa shape index (κ1) is 14.2. The Balaban J connectivity index is 2.93. The fourth-order valence-corrected chi connectivity index (χ4v) is 2.04. The van der Waals surface area contributed by atoms with E-state index in [2.05, 4.69) is 4.72 Å². The minimum Gasteiger partial charge on any atom is -0.481 e. The van der Waals surface area contributed by atoms with E-state index < -0.39 is 21.9 Å². The largest absolute Gasteiger partial charge is 0.481 e. The SMILES string of the molecule is CS(=O)(=O)Nc1ccc(C(CC=O)C(=O)O)cc1. The molecule has 1 atom stereocenters. The monoisotopic (exact) mass is 271 g/mol. The first-order chi connectivity index (χ1) is 8.33. The smallest absolute Gasteiger partial charge is 0.311 e. The van der Waals surface area contributed by atoms with E-state index in [1.165, 1.54) is 24.3 Å². The third-order valence-corrected chi connectivity index (χ3v) is 2.85. The molecule has 0 saturated carbocycles. The average Bonchev–Trinajstić information content (AvgIpc) is 2.25. The molecule has 0 aliphatic heterocycles. The predicted molar refractivity (Wildman–Crippen MR) is 66.0 cm³/mol. The normalized spacial score (nSPS) is 12.7. The van der Waals surface area contributed by atoms with Crippen LogP contribution < -0.4 is 4.72 Å². The number of carbonyl (C=O) groups excluding carboxylic acids is 1. The average molecular weight is 271 g/mol. The molecule has 0 heterocycles. The molecule has 98 valence electrons. The molecule has 0 fully saturated rings. The zero-order valence-corrected chi connectivity index (χ0v) is 10.5. The van der Waals surface area contributed by atoms with Crippen LogP contribution in [0.2, 0.25) is 0 Å². The van der Waals surface area contributed by atoms with Gasteiger partial charge in [0.1, 0.15) is 6.29 Å².